The first-order valence-electron chi connectivity index (χ1n) is 4.25. The van der Waals surface area contributed by atoms with Crippen molar-refractivity contribution in [3.8, 4) is 11.8 Å². The second-order valence-electron chi connectivity index (χ2n) is 2.81. The molecule has 0 unspecified atom stereocenters. The Morgan fingerprint density at radius 2 is 2.07 bits per heavy atom. The van der Waals surface area contributed by atoms with Crippen LogP contribution in [0, 0.1) is 17.7 Å². The lowest BCUT2D eigenvalue weighted by atomic mass is 10.2. The van der Waals surface area contributed by atoms with Gasteiger partial charge in [0.15, 0.2) is 0 Å². The highest BCUT2D eigenvalue weighted by Crippen LogP contribution is 2.01. The lowest BCUT2D eigenvalue weighted by Gasteiger charge is -1.89. The quantitative estimate of drug-likeness (QED) is 0.605. The summed E-state index contributed by atoms with van der Waals surface area (Å²) in [6.07, 6.45) is 1.51. The van der Waals surface area contributed by atoms with Crippen molar-refractivity contribution >= 4 is 0 Å². The molecule has 0 heterocycles. The van der Waals surface area contributed by atoms with Gasteiger partial charge in [0.2, 0.25) is 0 Å². The highest BCUT2D eigenvalue weighted by Gasteiger charge is 1.88. The molecule has 1 radical (unpaired) electrons. The van der Waals surface area contributed by atoms with E-state index in [0.717, 1.165) is 11.1 Å². The lowest BCUT2D eigenvalue weighted by molar-refractivity contribution is 0.232. The predicted molar refractivity (Wildman–Crippen MR) is 52.6 cm³/mol. The number of allylic oxidation sites excluding steroid dienone is 1. The number of rotatable bonds is 1. The van der Waals surface area contributed by atoms with Gasteiger partial charge in [0.1, 0.15) is 12.4 Å². The summed E-state index contributed by atoms with van der Waals surface area (Å²) in [6, 6.07) is 5.92. The van der Waals surface area contributed by atoms with E-state index in [1.54, 1.807) is 19.1 Å². The van der Waals surface area contributed by atoms with Crippen LogP contribution in [0.2, 0.25) is 0 Å². The monoisotopic (exact) mass is 189 g/mol. The van der Waals surface area contributed by atoms with E-state index in [1.165, 1.54) is 18.2 Å². The molecule has 0 aliphatic rings. The van der Waals surface area contributed by atoms with Crippen LogP contribution in [0.5, 0.6) is 0 Å². The molecule has 0 saturated carbocycles. The van der Waals surface area contributed by atoms with Gasteiger partial charge in [-0.25, -0.2) is 9.50 Å². The third-order valence-electron chi connectivity index (χ3n) is 1.64. The molecule has 1 aromatic rings. The van der Waals surface area contributed by atoms with Gasteiger partial charge in [-0.05, 0) is 42.8 Å². The van der Waals surface area contributed by atoms with Crippen LogP contribution in [0.4, 0.5) is 4.39 Å². The number of benzene rings is 1. The van der Waals surface area contributed by atoms with E-state index in [9.17, 15) is 9.50 Å². The molecule has 1 rings (SSSR count). The Bertz CT molecular complexity index is 379. The first-order valence-corrected chi connectivity index (χ1v) is 4.25. The average molecular weight is 189 g/mol. The minimum atomic E-state index is -0.276. The predicted octanol–water partition coefficient (Wildman–Crippen LogP) is 2.55. The Morgan fingerprint density at radius 3 is 2.64 bits per heavy atom. The molecule has 0 atom stereocenters. The molecule has 14 heavy (non-hydrogen) atoms. The highest BCUT2D eigenvalue weighted by atomic mass is 19.1. The normalized spacial score (nSPS) is 10.6. The molecule has 0 spiro atoms. The third kappa shape index (κ3) is 3.42. The maximum atomic E-state index is 12.5. The smallest absolute Gasteiger partial charge is 0.123 e. The maximum absolute atomic E-state index is 12.5. The molecule has 0 bridgehead atoms. The SMILES string of the molecule is C/C(C#Cc1ccc(F)cc1)=C\C[O]. The highest BCUT2D eigenvalue weighted by molar-refractivity contribution is 5.39. The number of hydrogen-bond acceptors (Lipinski definition) is 0. The maximum Gasteiger partial charge on any atom is 0.123 e. The fourth-order valence-electron chi connectivity index (χ4n) is 0.880. The molecule has 0 aliphatic heterocycles. The molecule has 0 saturated heterocycles. The van der Waals surface area contributed by atoms with Crippen molar-refractivity contribution < 1.29 is 9.50 Å². The van der Waals surface area contributed by atoms with Crippen LogP contribution >= 0.6 is 0 Å². The standard InChI is InChI=1S/C12H10FO/c1-10(8-9-14)2-3-11-4-6-12(13)7-5-11/h4-8H,9H2,1H3/b10-8+. The Hall–Kier alpha value is -1.59. The van der Waals surface area contributed by atoms with Crippen LogP contribution in [-0.2, 0) is 5.11 Å². The van der Waals surface area contributed by atoms with Gasteiger partial charge >= 0.3 is 0 Å². The molecular formula is C12H10FO. The van der Waals surface area contributed by atoms with Crippen LogP contribution in [0.15, 0.2) is 35.9 Å². The lowest BCUT2D eigenvalue weighted by Crippen LogP contribution is -1.77. The molecule has 0 aliphatic carbocycles. The first-order chi connectivity index (χ1) is 6.72. The summed E-state index contributed by atoms with van der Waals surface area (Å²) < 4.78 is 12.5. The first kappa shape index (κ1) is 10.5. The average Bonchev–Trinajstić information content (AvgIpc) is 2.17. The molecular weight excluding hydrogens is 179 g/mol. The van der Waals surface area contributed by atoms with Gasteiger partial charge in [0.05, 0.1) is 0 Å². The second kappa shape index (κ2) is 5.21. The molecule has 0 N–H and O–H groups in total. The Balaban J connectivity index is 2.78. The van der Waals surface area contributed by atoms with Crippen molar-refractivity contribution in [1.82, 2.24) is 0 Å². The summed E-state index contributed by atoms with van der Waals surface area (Å²) in [5.41, 5.74) is 1.48. The Labute approximate surface area is 82.9 Å². The van der Waals surface area contributed by atoms with Crippen LogP contribution < -0.4 is 0 Å². The van der Waals surface area contributed by atoms with Gasteiger partial charge in [-0.3, -0.25) is 0 Å². The van der Waals surface area contributed by atoms with Crippen LogP contribution in [-0.4, -0.2) is 6.61 Å². The van der Waals surface area contributed by atoms with Crippen molar-refractivity contribution in [2.24, 2.45) is 0 Å². The summed E-state index contributed by atoms with van der Waals surface area (Å²) in [5, 5.41) is 10.2. The van der Waals surface area contributed by atoms with Gasteiger partial charge in [-0.15, -0.1) is 0 Å². The fourth-order valence-corrected chi connectivity index (χ4v) is 0.880. The molecule has 71 valence electrons. The van der Waals surface area contributed by atoms with Gasteiger partial charge in [0, 0.05) is 5.56 Å². The fraction of sp³-hybridized carbons (Fsp3) is 0.167. The summed E-state index contributed by atoms with van der Waals surface area (Å²) in [7, 11) is 0. The van der Waals surface area contributed by atoms with Crippen molar-refractivity contribution in [2.75, 3.05) is 6.61 Å². The summed E-state index contributed by atoms with van der Waals surface area (Å²) >= 11 is 0. The van der Waals surface area contributed by atoms with E-state index in [1.807, 2.05) is 0 Å². The minimum Gasteiger partial charge on any atom is -0.232 e. The summed E-state index contributed by atoms with van der Waals surface area (Å²) in [6.45, 7) is 1.51. The van der Waals surface area contributed by atoms with E-state index in [2.05, 4.69) is 11.8 Å². The molecule has 0 amide bonds. The zero-order chi connectivity index (χ0) is 10.4. The van der Waals surface area contributed by atoms with Gasteiger partial charge in [0.25, 0.3) is 0 Å². The van der Waals surface area contributed by atoms with E-state index in [4.69, 9.17) is 0 Å². The molecule has 0 fully saturated rings. The largest absolute Gasteiger partial charge is 0.232 e. The van der Waals surface area contributed by atoms with Crippen LogP contribution in [0.25, 0.3) is 0 Å². The minimum absolute atomic E-state index is 0.260. The Morgan fingerprint density at radius 1 is 1.43 bits per heavy atom. The number of hydrogen-bond donors (Lipinski definition) is 0. The van der Waals surface area contributed by atoms with E-state index < -0.39 is 0 Å². The van der Waals surface area contributed by atoms with Gasteiger partial charge in [-0.2, -0.15) is 0 Å². The van der Waals surface area contributed by atoms with Crippen LogP contribution in [0.1, 0.15) is 12.5 Å². The van der Waals surface area contributed by atoms with Crippen molar-refractivity contribution in [1.29, 1.82) is 0 Å². The molecule has 0 aromatic heterocycles. The van der Waals surface area contributed by atoms with Crippen LogP contribution in [0.3, 0.4) is 0 Å². The summed E-state index contributed by atoms with van der Waals surface area (Å²) in [4.78, 5) is 0. The summed E-state index contributed by atoms with van der Waals surface area (Å²) in [5.74, 6) is 5.36. The molecule has 1 aromatic carbocycles. The Kier molecular flexibility index (Phi) is 3.90. The van der Waals surface area contributed by atoms with Gasteiger partial charge in [-0.1, -0.05) is 11.8 Å². The van der Waals surface area contributed by atoms with Gasteiger partial charge < -0.3 is 0 Å². The van der Waals surface area contributed by atoms with E-state index in [-0.39, 0.29) is 12.4 Å². The topological polar surface area (TPSA) is 19.9 Å². The van der Waals surface area contributed by atoms with E-state index in [0.29, 0.717) is 0 Å². The van der Waals surface area contributed by atoms with Crippen molar-refractivity contribution in [3.05, 3.63) is 47.3 Å². The molecule has 2 heteroatoms. The van der Waals surface area contributed by atoms with E-state index >= 15 is 0 Å². The zero-order valence-electron chi connectivity index (χ0n) is 7.88. The molecule has 1 nitrogen and oxygen atoms in total. The second-order valence-corrected chi connectivity index (χ2v) is 2.81. The van der Waals surface area contributed by atoms with Crippen molar-refractivity contribution in [2.45, 2.75) is 6.92 Å². The number of halogens is 1. The third-order valence-corrected chi connectivity index (χ3v) is 1.64. The van der Waals surface area contributed by atoms with Crippen molar-refractivity contribution in [3.63, 3.8) is 0 Å². The zero-order valence-corrected chi connectivity index (χ0v) is 7.88.